The maximum atomic E-state index is 6.04. The van der Waals surface area contributed by atoms with Gasteiger partial charge in [-0.05, 0) is 18.6 Å². The largest absolute Gasteiger partial charge is 0.501 e. The lowest BCUT2D eigenvalue weighted by Gasteiger charge is -2.38. The molecule has 0 amide bonds. The Kier molecular flexibility index (Phi) is 7.04. The molecule has 1 aromatic rings. The summed E-state index contributed by atoms with van der Waals surface area (Å²) in [5.74, 6) is 1.52. The van der Waals surface area contributed by atoms with Crippen LogP contribution in [0, 0.1) is 0 Å². The minimum absolute atomic E-state index is 0.693. The lowest BCUT2D eigenvalue weighted by molar-refractivity contribution is -0.00841. The highest BCUT2D eigenvalue weighted by atomic mass is 28.4. The van der Waals surface area contributed by atoms with Crippen molar-refractivity contribution in [2.24, 2.45) is 4.99 Å². The summed E-state index contributed by atoms with van der Waals surface area (Å²) in [7, 11) is 0.757. The first kappa shape index (κ1) is 19.3. The van der Waals surface area contributed by atoms with E-state index < -0.39 is 8.80 Å². The fourth-order valence-electron chi connectivity index (χ4n) is 3.14. The molecule has 2 bridgehead atoms. The van der Waals surface area contributed by atoms with Crippen LogP contribution >= 0.6 is 0 Å². The van der Waals surface area contributed by atoms with Gasteiger partial charge in [0.05, 0.1) is 34.0 Å². The van der Waals surface area contributed by atoms with Crippen LogP contribution in [-0.2, 0) is 13.3 Å². The molecule has 1 aromatic carbocycles. The fourth-order valence-corrected chi connectivity index (χ4v) is 5.62. The van der Waals surface area contributed by atoms with Crippen molar-refractivity contribution in [3.05, 3.63) is 23.8 Å². The third kappa shape index (κ3) is 5.05. The molecule has 3 heterocycles. The SMILES string of the molecule is COc1ccc(C=NCCC[Si]23OCCN(CCO2)CCO3)c(OC)c1. The first-order valence-corrected chi connectivity index (χ1v) is 11.0. The lowest BCUT2D eigenvalue weighted by atomic mass is 10.2. The number of rotatable bonds is 7. The van der Waals surface area contributed by atoms with E-state index in [1.54, 1.807) is 14.2 Å². The number of methoxy groups -OCH3 is 2. The molecule has 0 saturated carbocycles. The van der Waals surface area contributed by atoms with Gasteiger partial charge in [0.15, 0.2) is 0 Å². The molecule has 4 rings (SSSR count). The van der Waals surface area contributed by atoms with Crippen LogP contribution in [0.1, 0.15) is 12.0 Å². The molecule has 144 valence electrons. The standard InChI is InChI=1S/C18H28N2O5Si/c1-21-17-5-4-16(18(14-17)22-2)15-19-6-3-13-26-23-10-7-20(8-11-24-26)9-12-25-26/h4-5,14-15H,3,6-13H2,1-2H3. The van der Waals surface area contributed by atoms with Gasteiger partial charge in [-0.3, -0.25) is 9.89 Å². The average Bonchev–Trinajstić information content (AvgIpc) is 2.61. The molecule has 3 aliphatic heterocycles. The zero-order valence-electron chi connectivity index (χ0n) is 15.6. The fraction of sp³-hybridized carbons (Fsp3) is 0.611. The Morgan fingerprint density at radius 2 is 1.77 bits per heavy atom. The minimum atomic E-state index is -2.53. The molecule has 0 aliphatic carbocycles. The van der Waals surface area contributed by atoms with Crippen molar-refractivity contribution in [3.8, 4) is 11.5 Å². The van der Waals surface area contributed by atoms with E-state index in [1.807, 2.05) is 24.4 Å². The molecule has 0 radical (unpaired) electrons. The Labute approximate surface area is 156 Å². The van der Waals surface area contributed by atoms with Crippen LogP contribution in [0.3, 0.4) is 0 Å². The smallest absolute Gasteiger partial charge is 0.497 e. The minimum Gasteiger partial charge on any atom is -0.497 e. The van der Waals surface area contributed by atoms with E-state index >= 15 is 0 Å². The first-order valence-electron chi connectivity index (χ1n) is 9.11. The predicted octanol–water partition coefficient (Wildman–Crippen LogP) is 1.83. The molecule has 3 fully saturated rings. The van der Waals surface area contributed by atoms with Gasteiger partial charge in [-0.1, -0.05) is 0 Å². The van der Waals surface area contributed by atoms with Crippen molar-refractivity contribution < 1.29 is 22.8 Å². The summed E-state index contributed by atoms with van der Waals surface area (Å²) in [6.45, 7) is 5.69. The van der Waals surface area contributed by atoms with Crippen LogP contribution in [-0.4, -0.2) is 80.1 Å². The van der Waals surface area contributed by atoms with Gasteiger partial charge in [-0.2, -0.15) is 0 Å². The molecule has 7 nitrogen and oxygen atoms in total. The van der Waals surface area contributed by atoms with E-state index in [2.05, 4.69) is 9.89 Å². The summed E-state index contributed by atoms with van der Waals surface area (Å²) >= 11 is 0. The van der Waals surface area contributed by atoms with Crippen molar-refractivity contribution in [2.45, 2.75) is 12.5 Å². The van der Waals surface area contributed by atoms with E-state index in [0.29, 0.717) is 26.4 Å². The molecule has 0 spiro atoms. The van der Waals surface area contributed by atoms with Crippen molar-refractivity contribution in [2.75, 3.05) is 60.2 Å². The average molecular weight is 381 g/mol. The summed E-state index contributed by atoms with van der Waals surface area (Å²) in [5.41, 5.74) is 0.935. The van der Waals surface area contributed by atoms with Gasteiger partial charge < -0.3 is 22.8 Å². The van der Waals surface area contributed by atoms with Gasteiger partial charge in [0.2, 0.25) is 0 Å². The number of ether oxygens (including phenoxy) is 2. The highest BCUT2D eigenvalue weighted by Gasteiger charge is 2.43. The predicted molar refractivity (Wildman–Crippen MR) is 101 cm³/mol. The topological polar surface area (TPSA) is 61.8 Å². The summed E-state index contributed by atoms with van der Waals surface area (Å²) in [4.78, 5) is 6.86. The third-order valence-corrected chi connectivity index (χ3v) is 7.53. The lowest BCUT2D eigenvalue weighted by Crippen LogP contribution is -2.55. The number of hydrogen-bond donors (Lipinski definition) is 0. The van der Waals surface area contributed by atoms with Gasteiger partial charge in [-0.15, -0.1) is 0 Å². The highest BCUT2D eigenvalue weighted by Crippen LogP contribution is 2.24. The number of nitrogens with zero attached hydrogens (tertiary/aromatic N) is 2. The van der Waals surface area contributed by atoms with E-state index in [1.165, 1.54) is 0 Å². The molecule has 0 N–H and O–H groups in total. The second kappa shape index (κ2) is 9.47. The van der Waals surface area contributed by atoms with E-state index in [0.717, 1.165) is 49.2 Å². The van der Waals surface area contributed by atoms with E-state index in [9.17, 15) is 0 Å². The molecule has 0 aromatic heterocycles. The molecule has 8 heteroatoms. The van der Waals surface area contributed by atoms with Crippen LogP contribution in [0.25, 0.3) is 0 Å². The van der Waals surface area contributed by atoms with Crippen LogP contribution in [0.2, 0.25) is 6.04 Å². The third-order valence-electron chi connectivity index (χ3n) is 4.63. The number of aliphatic imine (C=N–C) groups is 1. The molecule has 3 saturated heterocycles. The van der Waals surface area contributed by atoms with E-state index in [-0.39, 0.29) is 0 Å². The Morgan fingerprint density at radius 3 is 2.38 bits per heavy atom. The molecular weight excluding hydrogens is 352 g/mol. The van der Waals surface area contributed by atoms with Gasteiger partial charge in [0.1, 0.15) is 11.5 Å². The van der Waals surface area contributed by atoms with Crippen LogP contribution in [0.15, 0.2) is 23.2 Å². The number of benzene rings is 1. The quantitative estimate of drug-likeness (QED) is 0.409. The van der Waals surface area contributed by atoms with Crippen molar-refractivity contribution in [3.63, 3.8) is 0 Å². The van der Waals surface area contributed by atoms with Crippen molar-refractivity contribution >= 4 is 15.0 Å². The van der Waals surface area contributed by atoms with Gasteiger partial charge >= 0.3 is 8.80 Å². The van der Waals surface area contributed by atoms with Crippen molar-refractivity contribution in [1.29, 1.82) is 0 Å². The van der Waals surface area contributed by atoms with Gasteiger partial charge in [-0.25, -0.2) is 0 Å². The summed E-state index contributed by atoms with van der Waals surface area (Å²) in [6, 6.07) is 6.51. The molecule has 26 heavy (non-hydrogen) atoms. The summed E-state index contributed by atoms with van der Waals surface area (Å²) < 4.78 is 28.7. The molecule has 3 aliphatic rings. The maximum Gasteiger partial charge on any atom is 0.501 e. The Bertz CT molecular complexity index is 587. The monoisotopic (exact) mass is 380 g/mol. The van der Waals surface area contributed by atoms with Crippen LogP contribution in [0.4, 0.5) is 0 Å². The highest BCUT2D eigenvalue weighted by molar-refractivity contribution is 6.60. The van der Waals surface area contributed by atoms with Crippen molar-refractivity contribution in [1.82, 2.24) is 4.90 Å². The number of fused-ring (bicyclic) bond motifs is 6. The first-order chi connectivity index (χ1) is 12.7. The molecule has 0 unspecified atom stereocenters. The number of hydrogen-bond acceptors (Lipinski definition) is 7. The Hall–Kier alpha value is -1.45. The molecular formula is C18H28N2O5Si. The summed E-state index contributed by atoms with van der Waals surface area (Å²) in [6.07, 6.45) is 2.72. The zero-order valence-corrected chi connectivity index (χ0v) is 16.6. The van der Waals surface area contributed by atoms with Crippen LogP contribution in [0.5, 0.6) is 11.5 Å². The van der Waals surface area contributed by atoms with Crippen LogP contribution < -0.4 is 9.47 Å². The normalized spacial score (nSPS) is 26.3. The second-order valence-corrected chi connectivity index (χ2v) is 9.05. The second-order valence-electron chi connectivity index (χ2n) is 6.32. The van der Waals surface area contributed by atoms with Gasteiger partial charge in [0, 0.05) is 50.1 Å². The molecule has 0 atom stereocenters. The zero-order chi connectivity index (χ0) is 18.2. The van der Waals surface area contributed by atoms with Gasteiger partial charge in [0.25, 0.3) is 0 Å². The van der Waals surface area contributed by atoms with E-state index in [4.69, 9.17) is 22.8 Å². The summed E-state index contributed by atoms with van der Waals surface area (Å²) in [5, 5.41) is 0. The Balaban J connectivity index is 1.52. The maximum absolute atomic E-state index is 6.04. The Morgan fingerprint density at radius 1 is 1.08 bits per heavy atom.